The number of aliphatic hydroxyl groups excluding tert-OH is 2. The molecule has 0 amide bonds. The third-order valence-corrected chi connectivity index (χ3v) is 2.63. The van der Waals surface area contributed by atoms with E-state index in [-0.39, 0.29) is 0 Å². The highest BCUT2D eigenvalue weighted by molar-refractivity contribution is 5.30. The SMILES string of the molecule is Nc1cnn(CCN2CC(O)C(O)C2)c1. The number of rotatable bonds is 3. The molecule has 6 heteroatoms. The van der Waals surface area contributed by atoms with Gasteiger partial charge in [-0.2, -0.15) is 5.10 Å². The summed E-state index contributed by atoms with van der Waals surface area (Å²) in [7, 11) is 0. The van der Waals surface area contributed by atoms with Gasteiger partial charge in [0.05, 0.1) is 30.6 Å². The molecule has 0 radical (unpaired) electrons. The minimum Gasteiger partial charge on any atom is -0.396 e. The highest BCUT2D eigenvalue weighted by Gasteiger charge is 2.28. The highest BCUT2D eigenvalue weighted by Crippen LogP contribution is 2.09. The van der Waals surface area contributed by atoms with Crippen LogP contribution in [0.25, 0.3) is 0 Å². The maximum Gasteiger partial charge on any atom is 0.0938 e. The van der Waals surface area contributed by atoms with E-state index in [1.165, 1.54) is 0 Å². The summed E-state index contributed by atoms with van der Waals surface area (Å²) in [6.07, 6.45) is 2.14. The van der Waals surface area contributed by atoms with Gasteiger partial charge < -0.3 is 15.9 Å². The molecule has 1 aromatic heterocycles. The Morgan fingerprint density at radius 3 is 2.53 bits per heavy atom. The molecule has 0 spiro atoms. The van der Waals surface area contributed by atoms with E-state index in [4.69, 9.17) is 5.73 Å². The van der Waals surface area contributed by atoms with Crippen LogP contribution in [-0.2, 0) is 6.54 Å². The molecule has 1 aromatic rings. The zero-order valence-electron chi connectivity index (χ0n) is 8.45. The van der Waals surface area contributed by atoms with Gasteiger partial charge in [-0.05, 0) is 0 Å². The predicted octanol–water partition coefficient (Wildman–Crippen LogP) is -1.50. The van der Waals surface area contributed by atoms with E-state index in [0.29, 0.717) is 18.8 Å². The summed E-state index contributed by atoms with van der Waals surface area (Å²) in [5.41, 5.74) is 6.18. The van der Waals surface area contributed by atoms with Crippen LogP contribution in [0.1, 0.15) is 0 Å². The average Bonchev–Trinajstić information content (AvgIpc) is 2.72. The van der Waals surface area contributed by atoms with Gasteiger partial charge in [0.1, 0.15) is 0 Å². The van der Waals surface area contributed by atoms with Crippen LogP contribution in [0.5, 0.6) is 0 Å². The number of nitrogen functional groups attached to an aromatic ring is 1. The van der Waals surface area contributed by atoms with Gasteiger partial charge in [0, 0.05) is 25.8 Å². The minimum atomic E-state index is -0.618. The Morgan fingerprint density at radius 2 is 2.00 bits per heavy atom. The largest absolute Gasteiger partial charge is 0.396 e. The van der Waals surface area contributed by atoms with Crippen molar-refractivity contribution in [3.05, 3.63) is 12.4 Å². The van der Waals surface area contributed by atoms with E-state index in [1.54, 1.807) is 17.1 Å². The van der Waals surface area contributed by atoms with E-state index in [9.17, 15) is 10.2 Å². The molecule has 0 aliphatic carbocycles. The molecule has 2 rings (SSSR count). The van der Waals surface area contributed by atoms with Crippen molar-refractivity contribution in [2.45, 2.75) is 18.8 Å². The van der Waals surface area contributed by atoms with E-state index >= 15 is 0 Å². The first-order valence-corrected chi connectivity index (χ1v) is 5.01. The van der Waals surface area contributed by atoms with Crippen molar-refractivity contribution in [2.24, 2.45) is 0 Å². The van der Waals surface area contributed by atoms with Gasteiger partial charge >= 0.3 is 0 Å². The second kappa shape index (κ2) is 4.18. The zero-order chi connectivity index (χ0) is 10.8. The number of β-amino-alcohol motifs (C(OH)–C–C–N with tert-alkyl or cyclic N) is 2. The summed E-state index contributed by atoms with van der Waals surface area (Å²) in [4.78, 5) is 2.01. The summed E-state index contributed by atoms with van der Waals surface area (Å²) in [6, 6.07) is 0. The molecule has 1 aliphatic heterocycles. The van der Waals surface area contributed by atoms with Crippen LogP contribution in [0.3, 0.4) is 0 Å². The maximum absolute atomic E-state index is 9.34. The van der Waals surface area contributed by atoms with E-state index in [0.717, 1.165) is 13.1 Å². The van der Waals surface area contributed by atoms with Crippen LogP contribution < -0.4 is 5.73 Å². The Hall–Kier alpha value is -1.11. The van der Waals surface area contributed by atoms with Gasteiger partial charge in [-0.15, -0.1) is 0 Å². The van der Waals surface area contributed by atoms with Crippen LogP contribution in [0.2, 0.25) is 0 Å². The molecule has 1 saturated heterocycles. The molecule has 84 valence electrons. The lowest BCUT2D eigenvalue weighted by Gasteiger charge is -2.13. The van der Waals surface area contributed by atoms with Crippen LogP contribution >= 0.6 is 0 Å². The highest BCUT2D eigenvalue weighted by atomic mass is 16.3. The van der Waals surface area contributed by atoms with Crippen molar-refractivity contribution in [1.82, 2.24) is 14.7 Å². The lowest BCUT2D eigenvalue weighted by atomic mass is 10.3. The summed E-state index contributed by atoms with van der Waals surface area (Å²) >= 11 is 0. The Labute approximate surface area is 87.9 Å². The van der Waals surface area contributed by atoms with Gasteiger partial charge in [-0.3, -0.25) is 9.58 Å². The number of nitrogens with zero attached hydrogens (tertiary/aromatic N) is 3. The van der Waals surface area contributed by atoms with Crippen molar-refractivity contribution in [3.8, 4) is 0 Å². The van der Waals surface area contributed by atoms with Crippen molar-refractivity contribution in [2.75, 3.05) is 25.4 Å². The normalized spacial score (nSPS) is 27.3. The first kappa shape index (κ1) is 10.4. The zero-order valence-corrected chi connectivity index (χ0v) is 8.45. The van der Waals surface area contributed by atoms with Crippen molar-refractivity contribution < 1.29 is 10.2 Å². The number of anilines is 1. The Morgan fingerprint density at radius 1 is 1.33 bits per heavy atom. The fourth-order valence-corrected chi connectivity index (χ4v) is 1.78. The van der Waals surface area contributed by atoms with Crippen molar-refractivity contribution in [1.29, 1.82) is 0 Å². The molecule has 2 heterocycles. The maximum atomic E-state index is 9.34. The van der Waals surface area contributed by atoms with Gasteiger partial charge in [-0.1, -0.05) is 0 Å². The number of nitrogens with two attached hydrogens (primary N) is 1. The molecule has 4 N–H and O–H groups in total. The molecule has 0 saturated carbocycles. The number of likely N-dealkylation sites (tertiary alicyclic amines) is 1. The minimum absolute atomic E-state index is 0.526. The quantitative estimate of drug-likeness (QED) is 0.568. The van der Waals surface area contributed by atoms with Gasteiger partial charge in [-0.25, -0.2) is 0 Å². The van der Waals surface area contributed by atoms with E-state index in [1.807, 2.05) is 4.90 Å². The molecule has 2 atom stereocenters. The molecule has 0 aromatic carbocycles. The Bertz CT molecular complexity index is 318. The third kappa shape index (κ3) is 2.47. The van der Waals surface area contributed by atoms with Crippen LogP contribution in [-0.4, -0.2) is 56.7 Å². The second-order valence-corrected chi connectivity index (χ2v) is 3.93. The molecular weight excluding hydrogens is 196 g/mol. The van der Waals surface area contributed by atoms with Crippen molar-refractivity contribution in [3.63, 3.8) is 0 Å². The second-order valence-electron chi connectivity index (χ2n) is 3.93. The summed E-state index contributed by atoms with van der Waals surface area (Å²) < 4.78 is 1.76. The van der Waals surface area contributed by atoms with Crippen molar-refractivity contribution >= 4 is 5.69 Å². The van der Waals surface area contributed by atoms with Gasteiger partial charge in [0.15, 0.2) is 0 Å². The van der Waals surface area contributed by atoms with E-state index in [2.05, 4.69) is 5.10 Å². The topological polar surface area (TPSA) is 87.5 Å². The summed E-state index contributed by atoms with van der Waals surface area (Å²) in [6.45, 7) is 2.53. The van der Waals surface area contributed by atoms with Gasteiger partial charge in [0.25, 0.3) is 0 Å². The van der Waals surface area contributed by atoms with Crippen LogP contribution in [0, 0.1) is 0 Å². The lowest BCUT2D eigenvalue weighted by Crippen LogP contribution is -2.26. The van der Waals surface area contributed by atoms with Crippen LogP contribution in [0.4, 0.5) is 5.69 Å². The number of hydrogen-bond acceptors (Lipinski definition) is 5. The molecule has 0 bridgehead atoms. The fourth-order valence-electron chi connectivity index (χ4n) is 1.78. The molecular formula is C9H16N4O2. The third-order valence-electron chi connectivity index (χ3n) is 2.63. The summed E-state index contributed by atoms with van der Waals surface area (Å²) in [5.74, 6) is 0. The predicted molar refractivity (Wildman–Crippen MR) is 55.1 cm³/mol. The molecule has 1 fully saturated rings. The number of aromatic nitrogens is 2. The lowest BCUT2D eigenvalue weighted by molar-refractivity contribution is 0.0572. The average molecular weight is 212 g/mol. The number of aliphatic hydroxyl groups is 2. The molecule has 15 heavy (non-hydrogen) atoms. The standard InChI is InChI=1S/C9H16N4O2/c10-7-3-11-13(4-7)2-1-12-5-8(14)9(15)6-12/h3-4,8-9,14-15H,1-2,5-6,10H2. The van der Waals surface area contributed by atoms with Gasteiger partial charge in [0.2, 0.25) is 0 Å². The smallest absolute Gasteiger partial charge is 0.0938 e. The summed E-state index contributed by atoms with van der Waals surface area (Å²) in [5, 5.41) is 22.7. The first-order chi connectivity index (χ1) is 7.15. The fraction of sp³-hybridized carbons (Fsp3) is 0.667. The molecule has 6 nitrogen and oxygen atoms in total. The molecule has 1 aliphatic rings. The van der Waals surface area contributed by atoms with Crippen LogP contribution in [0.15, 0.2) is 12.4 Å². The Balaban J connectivity index is 1.79. The monoisotopic (exact) mass is 212 g/mol. The first-order valence-electron chi connectivity index (χ1n) is 5.01. The van der Waals surface area contributed by atoms with E-state index < -0.39 is 12.2 Å². The Kier molecular flexibility index (Phi) is 2.90. The molecule has 2 unspecified atom stereocenters. The number of hydrogen-bond donors (Lipinski definition) is 3.